The first-order chi connectivity index (χ1) is 6.57. The molecule has 1 rings (SSSR count). The van der Waals surface area contributed by atoms with Crippen LogP contribution in [0.1, 0.15) is 27.9 Å². The minimum atomic E-state index is -2.85. The zero-order chi connectivity index (χ0) is 10.7. The summed E-state index contributed by atoms with van der Waals surface area (Å²) in [5.74, 6) is -0.948. The van der Waals surface area contributed by atoms with Gasteiger partial charge < -0.3 is 5.73 Å². The standard InChI is InChI=1S/C8H5F2N3O/c9-7(10)5-2-13-3-6(8(12)14)4(5)1-11/h2-3,7H,(H2,12,14). The van der Waals surface area contributed by atoms with Crippen LogP contribution in [0.25, 0.3) is 0 Å². The van der Waals surface area contributed by atoms with E-state index in [-0.39, 0.29) is 5.56 Å². The number of amides is 1. The maximum Gasteiger partial charge on any atom is 0.266 e. The Labute approximate surface area is 78.0 Å². The van der Waals surface area contributed by atoms with Gasteiger partial charge in [-0.25, -0.2) is 8.78 Å². The molecule has 0 bridgehead atoms. The van der Waals surface area contributed by atoms with Crippen molar-refractivity contribution in [3.05, 3.63) is 29.1 Å². The second kappa shape index (κ2) is 3.79. The summed E-state index contributed by atoms with van der Waals surface area (Å²) >= 11 is 0. The van der Waals surface area contributed by atoms with E-state index < -0.39 is 23.5 Å². The highest BCUT2D eigenvalue weighted by Crippen LogP contribution is 2.23. The monoisotopic (exact) mass is 197 g/mol. The zero-order valence-corrected chi connectivity index (χ0v) is 6.87. The number of hydrogen-bond donors (Lipinski definition) is 1. The van der Waals surface area contributed by atoms with Crippen LogP contribution in [0.5, 0.6) is 0 Å². The van der Waals surface area contributed by atoms with Crippen LogP contribution in [0.4, 0.5) is 8.78 Å². The zero-order valence-electron chi connectivity index (χ0n) is 6.87. The Bertz CT molecular complexity index is 412. The van der Waals surface area contributed by atoms with Gasteiger partial charge in [0, 0.05) is 12.4 Å². The van der Waals surface area contributed by atoms with Crippen LogP contribution in [-0.2, 0) is 0 Å². The average molecular weight is 197 g/mol. The summed E-state index contributed by atoms with van der Waals surface area (Å²) < 4.78 is 24.6. The topological polar surface area (TPSA) is 79.8 Å². The molecular weight excluding hydrogens is 192 g/mol. The molecule has 0 saturated heterocycles. The van der Waals surface area contributed by atoms with Crippen molar-refractivity contribution in [3.8, 4) is 6.07 Å². The van der Waals surface area contributed by atoms with E-state index in [0.29, 0.717) is 0 Å². The van der Waals surface area contributed by atoms with Gasteiger partial charge in [-0.05, 0) is 0 Å². The Morgan fingerprint density at radius 1 is 1.57 bits per heavy atom. The van der Waals surface area contributed by atoms with Crippen molar-refractivity contribution in [3.63, 3.8) is 0 Å². The van der Waals surface area contributed by atoms with Gasteiger partial charge in [-0.3, -0.25) is 9.78 Å². The summed E-state index contributed by atoms with van der Waals surface area (Å²) in [6.45, 7) is 0. The molecular formula is C8H5F2N3O. The van der Waals surface area contributed by atoms with E-state index in [1.54, 1.807) is 0 Å². The van der Waals surface area contributed by atoms with Crippen molar-refractivity contribution >= 4 is 5.91 Å². The van der Waals surface area contributed by atoms with Crippen molar-refractivity contribution in [1.82, 2.24) is 4.98 Å². The first-order valence-corrected chi connectivity index (χ1v) is 3.54. The van der Waals surface area contributed by atoms with Gasteiger partial charge in [0.25, 0.3) is 12.3 Å². The Morgan fingerprint density at radius 3 is 2.64 bits per heavy atom. The molecule has 0 unspecified atom stereocenters. The Hall–Kier alpha value is -2.03. The number of carbonyl (C=O) groups excluding carboxylic acids is 1. The lowest BCUT2D eigenvalue weighted by atomic mass is 10.1. The summed E-state index contributed by atoms with van der Waals surface area (Å²) in [4.78, 5) is 14.1. The van der Waals surface area contributed by atoms with E-state index in [9.17, 15) is 13.6 Å². The van der Waals surface area contributed by atoms with Gasteiger partial charge in [-0.2, -0.15) is 5.26 Å². The second-order valence-electron chi connectivity index (χ2n) is 2.43. The largest absolute Gasteiger partial charge is 0.366 e. The molecule has 0 aliphatic heterocycles. The van der Waals surface area contributed by atoms with Crippen LogP contribution in [-0.4, -0.2) is 10.9 Å². The molecule has 0 radical (unpaired) electrons. The quantitative estimate of drug-likeness (QED) is 0.767. The molecule has 1 amide bonds. The lowest BCUT2D eigenvalue weighted by Crippen LogP contribution is -2.14. The van der Waals surface area contributed by atoms with E-state index >= 15 is 0 Å². The summed E-state index contributed by atoms with van der Waals surface area (Å²) in [7, 11) is 0. The number of nitrogens with two attached hydrogens (primary N) is 1. The average Bonchev–Trinajstić information content (AvgIpc) is 2.16. The number of aromatic nitrogens is 1. The number of alkyl halides is 2. The van der Waals surface area contributed by atoms with Gasteiger partial charge in [0.2, 0.25) is 0 Å². The van der Waals surface area contributed by atoms with Gasteiger partial charge in [-0.1, -0.05) is 0 Å². The van der Waals surface area contributed by atoms with E-state index in [1.807, 2.05) is 0 Å². The minimum Gasteiger partial charge on any atom is -0.366 e. The van der Waals surface area contributed by atoms with Crippen LogP contribution in [0.3, 0.4) is 0 Å². The van der Waals surface area contributed by atoms with Gasteiger partial charge in [-0.15, -0.1) is 0 Å². The summed E-state index contributed by atoms with van der Waals surface area (Å²) in [5.41, 5.74) is 3.60. The van der Waals surface area contributed by atoms with Gasteiger partial charge in [0.05, 0.1) is 16.7 Å². The lowest BCUT2D eigenvalue weighted by molar-refractivity contribution is 0.0999. The third kappa shape index (κ3) is 1.66. The normalized spacial score (nSPS) is 9.86. The first-order valence-electron chi connectivity index (χ1n) is 3.54. The van der Waals surface area contributed by atoms with Crippen molar-refractivity contribution in [2.24, 2.45) is 5.73 Å². The smallest absolute Gasteiger partial charge is 0.266 e. The van der Waals surface area contributed by atoms with Crippen LogP contribution in [0.2, 0.25) is 0 Å². The minimum absolute atomic E-state index is 0.287. The number of hydrogen-bond acceptors (Lipinski definition) is 3. The molecule has 1 heterocycles. The fourth-order valence-electron chi connectivity index (χ4n) is 0.954. The highest BCUT2D eigenvalue weighted by Gasteiger charge is 2.18. The summed E-state index contributed by atoms with van der Waals surface area (Å²) in [6, 6.07) is 1.51. The molecule has 72 valence electrons. The van der Waals surface area contributed by atoms with Crippen LogP contribution < -0.4 is 5.73 Å². The van der Waals surface area contributed by atoms with Gasteiger partial charge in [0.1, 0.15) is 6.07 Å². The molecule has 2 N–H and O–H groups in total. The number of nitrogens with zero attached hydrogens (tertiary/aromatic N) is 2. The number of rotatable bonds is 2. The SMILES string of the molecule is N#Cc1c(C(N)=O)cncc1C(F)F. The molecule has 14 heavy (non-hydrogen) atoms. The highest BCUT2D eigenvalue weighted by molar-refractivity contribution is 5.95. The van der Waals surface area contributed by atoms with Gasteiger partial charge in [0.15, 0.2) is 0 Å². The molecule has 0 atom stereocenters. The summed E-state index contributed by atoms with van der Waals surface area (Å²) in [5, 5.41) is 8.58. The molecule has 0 spiro atoms. The maximum atomic E-state index is 12.3. The molecule has 0 aromatic carbocycles. The molecule has 1 aromatic heterocycles. The van der Waals surface area contributed by atoms with E-state index in [1.165, 1.54) is 6.07 Å². The van der Waals surface area contributed by atoms with Crippen molar-refractivity contribution in [2.45, 2.75) is 6.43 Å². The third-order valence-corrected chi connectivity index (χ3v) is 1.59. The second-order valence-corrected chi connectivity index (χ2v) is 2.43. The van der Waals surface area contributed by atoms with E-state index in [0.717, 1.165) is 12.4 Å². The first kappa shape index (κ1) is 10.1. The Morgan fingerprint density at radius 2 is 2.21 bits per heavy atom. The highest BCUT2D eigenvalue weighted by atomic mass is 19.3. The molecule has 4 nitrogen and oxygen atoms in total. The Balaban J connectivity index is 3.42. The number of carbonyl (C=O) groups is 1. The molecule has 0 fully saturated rings. The van der Waals surface area contributed by atoms with Crippen molar-refractivity contribution < 1.29 is 13.6 Å². The number of primary amides is 1. The molecule has 0 aliphatic rings. The molecule has 1 aromatic rings. The van der Waals surface area contributed by atoms with Crippen molar-refractivity contribution in [2.75, 3.05) is 0 Å². The molecule has 6 heteroatoms. The fraction of sp³-hybridized carbons (Fsp3) is 0.125. The van der Waals surface area contributed by atoms with Crippen LogP contribution >= 0.6 is 0 Å². The van der Waals surface area contributed by atoms with E-state index in [4.69, 9.17) is 11.0 Å². The van der Waals surface area contributed by atoms with E-state index in [2.05, 4.69) is 4.98 Å². The number of halogens is 2. The molecule has 0 aliphatic carbocycles. The predicted molar refractivity (Wildman–Crippen MR) is 42.4 cm³/mol. The number of nitriles is 1. The predicted octanol–water partition coefficient (Wildman–Crippen LogP) is 0.990. The lowest BCUT2D eigenvalue weighted by Gasteiger charge is -2.04. The van der Waals surface area contributed by atoms with Crippen LogP contribution in [0.15, 0.2) is 12.4 Å². The van der Waals surface area contributed by atoms with Gasteiger partial charge >= 0.3 is 0 Å². The third-order valence-electron chi connectivity index (χ3n) is 1.59. The van der Waals surface area contributed by atoms with Crippen molar-refractivity contribution in [1.29, 1.82) is 5.26 Å². The molecule has 0 saturated carbocycles. The summed E-state index contributed by atoms with van der Waals surface area (Å²) in [6.07, 6.45) is -1.01. The maximum absolute atomic E-state index is 12.3. The fourth-order valence-corrected chi connectivity index (χ4v) is 0.954. The Kier molecular flexibility index (Phi) is 2.72. The number of pyridine rings is 1. The van der Waals surface area contributed by atoms with Crippen LogP contribution in [0, 0.1) is 11.3 Å².